The first-order chi connectivity index (χ1) is 14.9. The highest BCUT2D eigenvalue weighted by molar-refractivity contribution is 7.93. The summed E-state index contributed by atoms with van der Waals surface area (Å²) in [6.07, 6.45) is 7.16. The van der Waals surface area contributed by atoms with E-state index < -0.39 is 20.5 Å². The zero-order valence-corrected chi connectivity index (χ0v) is 19.1. The maximum atomic E-state index is 13.6. The Bertz CT molecular complexity index is 977. The Kier molecular flexibility index (Phi) is 6.74. The average molecular weight is 465 g/mol. The van der Waals surface area contributed by atoms with Crippen molar-refractivity contribution < 1.29 is 17.6 Å². The second-order valence-corrected chi connectivity index (χ2v) is 11.2. The van der Waals surface area contributed by atoms with E-state index in [1.165, 1.54) is 18.6 Å². The molecule has 1 aromatic carbocycles. The van der Waals surface area contributed by atoms with Gasteiger partial charge in [0.2, 0.25) is 5.91 Å². The van der Waals surface area contributed by atoms with Crippen LogP contribution in [0.4, 0.5) is 0 Å². The lowest BCUT2D eigenvalue weighted by Crippen LogP contribution is -2.52. The van der Waals surface area contributed by atoms with E-state index in [9.17, 15) is 13.2 Å². The summed E-state index contributed by atoms with van der Waals surface area (Å²) >= 11 is 5.94. The highest BCUT2D eigenvalue weighted by Crippen LogP contribution is 2.41. The second kappa shape index (κ2) is 9.35. The fourth-order valence-corrected chi connectivity index (χ4v) is 7.09. The van der Waals surface area contributed by atoms with Crippen molar-refractivity contribution in [2.24, 2.45) is 0 Å². The number of furan rings is 1. The maximum Gasteiger partial charge on any atom is 0.241 e. The van der Waals surface area contributed by atoms with Gasteiger partial charge >= 0.3 is 0 Å². The highest BCUT2D eigenvalue weighted by atomic mass is 35.5. The van der Waals surface area contributed by atoms with Crippen molar-refractivity contribution in [2.45, 2.75) is 60.6 Å². The molecular weight excluding hydrogens is 436 g/mol. The lowest BCUT2D eigenvalue weighted by atomic mass is 10.0. The molecule has 6 nitrogen and oxygen atoms in total. The fourth-order valence-electron chi connectivity index (χ4n) is 4.87. The second-order valence-electron chi connectivity index (χ2n) is 8.50. The van der Waals surface area contributed by atoms with Gasteiger partial charge in [-0.2, -0.15) is 0 Å². The van der Waals surface area contributed by atoms with E-state index in [-0.39, 0.29) is 10.9 Å². The molecule has 2 aromatic rings. The van der Waals surface area contributed by atoms with Crippen LogP contribution >= 0.6 is 11.6 Å². The van der Waals surface area contributed by atoms with Gasteiger partial charge in [0, 0.05) is 11.6 Å². The largest absolute Gasteiger partial charge is 0.468 e. The lowest BCUT2D eigenvalue weighted by molar-refractivity contribution is -0.123. The number of halogens is 1. The van der Waals surface area contributed by atoms with Gasteiger partial charge in [-0.15, -0.1) is 0 Å². The number of carbonyl (C=O) groups is 1. The van der Waals surface area contributed by atoms with Gasteiger partial charge in [-0.1, -0.05) is 30.9 Å². The molecule has 0 bridgehead atoms. The molecule has 8 heteroatoms. The predicted octanol–water partition coefficient (Wildman–Crippen LogP) is 4.36. The normalized spacial score (nSPS) is 20.4. The van der Waals surface area contributed by atoms with Gasteiger partial charge < -0.3 is 9.73 Å². The van der Waals surface area contributed by atoms with Crippen molar-refractivity contribution in [3.63, 3.8) is 0 Å². The molecule has 1 saturated heterocycles. The Balaban J connectivity index is 1.56. The van der Waals surface area contributed by atoms with Crippen molar-refractivity contribution in [3.05, 3.63) is 53.4 Å². The van der Waals surface area contributed by atoms with E-state index in [2.05, 4.69) is 10.2 Å². The Morgan fingerprint density at radius 2 is 1.74 bits per heavy atom. The molecule has 1 aliphatic carbocycles. The van der Waals surface area contributed by atoms with Gasteiger partial charge in [0.05, 0.1) is 17.2 Å². The van der Waals surface area contributed by atoms with Crippen LogP contribution in [-0.4, -0.2) is 43.6 Å². The van der Waals surface area contributed by atoms with Crippen LogP contribution in [0.5, 0.6) is 0 Å². The average Bonchev–Trinajstić information content (AvgIpc) is 3.48. The highest BCUT2D eigenvalue weighted by Gasteiger charge is 2.53. The quantitative estimate of drug-likeness (QED) is 0.658. The van der Waals surface area contributed by atoms with E-state index in [0.717, 1.165) is 31.7 Å². The van der Waals surface area contributed by atoms with E-state index in [1.54, 1.807) is 18.4 Å². The number of amides is 1. The van der Waals surface area contributed by atoms with Crippen LogP contribution in [0.15, 0.2) is 52.0 Å². The summed E-state index contributed by atoms with van der Waals surface area (Å²) in [5, 5.41) is 3.46. The van der Waals surface area contributed by atoms with E-state index >= 15 is 0 Å². The zero-order valence-electron chi connectivity index (χ0n) is 17.6. The first kappa shape index (κ1) is 22.4. The molecule has 2 fully saturated rings. The number of carbonyl (C=O) groups excluding carboxylic acids is 1. The molecule has 1 amide bonds. The molecule has 1 aliphatic heterocycles. The summed E-state index contributed by atoms with van der Waals surface area (Å²) in [5.41, 5.74) is 0. The minimum Gasteiger partial charge on any atom is -0.468 e. The Morgan fingerprint density at radius 1 is 1.06 bits per heavy atom. The SMILES string of the molecule is O=C(NCC(c1ccco1)N1CCCCC1)C1(S(=O)(=O)c2ccc(Cl)cc2)CCCC1. The van der Waals surface area contributed by atoms with Crippen molar-refractivity contribution in [1.82, 2.24) is 10.2 Å². The summed E-state index contributed by atoms with van der Waals surface area (Å²) in [7, 11) is -3.85. The predicted molar refractivity (Wildman–Crippen MR) is 120 cm³/mol. The van der Waals surface area contributed by atoms with Gasteiger partial charge in [-0.05, 0) is 75.2 Å². The number of hydrogen-bond acceptors (Lipinski definition) is 5. The molecule has 2 aliphatic rings. The zero-order chi connectivity index (χ0) is 21.9. The van der Waals surface area contributed by atoms with Crippen molar-refractivity contribution in [3.8, 4) is 0 Å². The first-order valence-corrected chi connectivity index (χ1v) is 12.9. The molecule has 1 N–H and O–H groups in total. The Morgan fingerprint density at radius 3 is 2.35 bits per heavy atom. The number of benzene rings is 1. The summed E-state index contributed by atoms with van der Waals surface area (Å²) in [4.78, 5) is 15.9. The molecule has 2 heterocycles. The van der Waals surface area contributed by atoms with Gasteiger partial charge in [0.15, 0.2) is 14.6 Å². The number of rotatable bonds is 7. The van der Waals surface area contributed by atoms with Gasteiger partial charge in [-0.25, -0.2) is 8.42 Å². The maximum absolute atomic E-state index is 13.6. The van der Waals surface area contributed by atoms with Crippen LogP contribution in [0, 0.1) is 0 Å². The van der Waals surface area contributed by atoms with Gasteiger partial charge in [-0.3, -0.25) is 9.69 Å². The number of nitrogens with one attached hydrogen (secondary N) is 1. The van der Waals surface area contributed by atoms with Crippen LogP contribution in [0.25, 0.3) is 0 Å². The lowest BCUT2D eigenvalue weighted by Gasteiger charge is -2.34. The van der Waals surface area contributed by atoms with Crippen LogP contribution in [0.1, 0.15) is 56.7 Å². The third-order valence-electron chi connectivity index (χ3n) is 6.62. The number of piperidine rings is 1. The smallest absolute Gasteiger partial charge is 0.241 e. The van der Waals surface area contributed by atoms with Crippen LogP contribution < -0.4 is 5.32 Å². The molecule has 1 unspecified atom stereocenters. The van der Waals surface area contributed by atoms with Crippen LogP contribution in [-0.2, 0) is 14.6 Å². The van der Waals surface area contributed by atoms with E-state index in [0.29, 0.717) is 37.3 Å². The molecule has 31 heavy (non-hydrogen) atoms. The minimum absolute atomic E-state index is 0.101. The first-order valence-electron chi connectivity index (χ1n) is 11.0. The fraction of sp³-hybridized carbons (Fsp3) is 0.522. The topological polar surface area (TPSA) is 79.6 Å². The van der Waals surface area contributed by atoms with Crippen LogP contribution in [0.3, 0.4) is 0 Å². The molecule has 1 aromatic heterocycles. The molecule has 1 saturated carbocycles. The Hall–Kier alpha value is -1.83. The van der Waals surface area contributed by atoms with Crippen molar-refractivity contribution in [1.29, 1.82) is 0 Å². The Labute approximate surface area is 188 Å². The third-order valence-corrected chi connectivity index (χ3v) is 9.39. The summed E-state index contributed by atoms with van der Waals surface area (Å²) in [6.45, 7) is 2.20. The molecule has 0 spiro atoms. The van der Waals surface area contributed by atoms with Crippen molar-refractivity contribution >= 4 is 27.3 Å². The van der Waals surface area contributed by atoms with Gasteiger partial charge in [0.1, 0.15) is 5.76 Å². The number of sulfone groups is 1. The summed E-state index contributed by atoms with van der Waals surface area (Å²) in [6, 6.07) is 9.75. The molecule has 0 radical (unpaired) electrons. The number of hydrogen-bond donors (Lipinski definition) is 1. The van der Waals surface area contributed by atoms with E-state index in [1.807, 2.05) is 12.1 Å². The number of likely N-dealkylation sites (tertiary alicyclic amines) is 1. The molecule has 4 rings (SSSR count). The molecule has 1 atom stereocenters. The van der Waals surface area contributed by atoms with E-state index in [4.69, 9.17) is 16.0 Å². The minimum atomic E-state index is -3.85. The van der Waals surface area contributed by atoms with Gasteiger partial charge in [0.25, 0.3) is 0 Å². The molecule has 168 valence electrons. The number of nitrogens with zero attached hydrogens (tertiary/aromatic N) is 1. The third kappa shape index (κ3) is 4.41. The van der Waals surface area contributed by atoms with Crippen LogP contribution in [0.2, 0.25) is 5.02 Å². The molecular formula is C23H29ClN2O4S. The monoisotopic (exact) mass is 464 g/mol. The summed E-state index contributed by atoms with van der Waals surface area (Å²) < 4.78 is 31.3. The summed E-state index contributed by atoms with van der Waals surface area (Å²) in [5.74, 6) is 0.386. The van der Waals surface area contributed by atoms with Crippen molar-refractivity contribution in [2.75, 3.05) is 19.6 Å². The standard InChI is InChI=1S/C23H29ClN2O4S/c24-18-8-10-19(11-9-18)31(28,29)23(12-2-3-13-23)22(27)25-17-20(21-7-6-16-30-21)26-14-4-1-5-15-26/h6-11,16,20H,1-5,12-15,17H2,(H,25,27).